The molecule has 8 rings (SSSR count). The predicted octanol–water partition coefficient (Wildman–Crippen LogP) is 10.7. The number of phenols is 1. The molecule has 2 aromatic heterocycles. The average Bonchev–Trinajstić information content (AvgIpc) is 3.90. The van der Waals surface area contributed by atoms with Crippen LogP contribution in [0.3, 0.4) is 0 Å². The molecular weight excluding hydrogens is 819 g/mol. The number of hydrogen-bond donors (Lipinski definition) is 1. The summed E-state index contributed by atoms with van der Waals surface area (Å²) in [6, 6.07) is 2.93. The number of nitrogens with zero attached hydrogens (tertiary/aromatic N) is 6. The molecule has 1 N–H and O–H groups in total. The summed E-state index contributed by atoms with van der Waals surface area (Å²) in [7, 11) is 0. The summed E-state index contributed by atoms with van der Waals surface area (Å²) in [4.78, 5) is 46.2. The van der Waals surface area contributed by atoms with Crippen LogP contribution in [0.1, 0.15) is 166 Å². The number of aryl methyl sites for hydroxylation is 1. The molecule has 6 heterocycles. The van der Waals surface area contributed by atoms with Gasteiger partial charge in [-0.1, -0.05) is 90.9 Å². The van der Waals surface area contributed by atoms with Crippen molar-refractivity contribution in [2.75, 3.05) is 44.5 Å². The maximum atomic E-state index is 17.2. The third kappa shape index (κ3) is 10.5. The SMILES string of the molecule is CCCCCCCCCCCCCCCC(=O)OCOC(=O)N1[C@@H]2CC[C@H]1CN(c1nc(OC[C@@]34CCCN3C[C@H](F)C4)nc3c(F)c(-c4cc(O)cc5c4C(C)CCC5)ncc13)C2. The van der Waals surface area contributed by atoms with Crippen LogP contribution in [0.2, 0.25) is 0 Å². The number of amides is 1. The number of ether oxygens (including phenoxy) is 3. The highest BCUT2D eigenvalue weighted by molar-refractivity contribution is 5.92. The number of phenolic OH excluding ortho intramolecular Hbond substituents is 1. The second kappa shape index (κ2) is 21.3. The van der Waals surface area contributed by atoms with Gasteiger partial charge in [-0.15, -0.1) is 0 Å². The molecule has 1 aliphatic carbocycles. The van der Waals surface area contributed by atoms with Crippen LogP contribution in [0.15, 0.2) is 18.3 Å². The Morgan fingerprint density at radius 2 is 1.59 bits per heavy atom. The van der Waals surface area contributed by atoms with Crippen LogP contribution in [-0.4, -0.2) is 105 Å². The lowest BCUT2D eigenvalue weighted by Crippen LogP contribution is -2.56. The van der Waals surface area contributed by atoms with Gasteiger partial charge in [-0.2, -0.15) is 9.97 Å². The number of rotatable bonds is 21. The Morgan fingerprint density at radius 3 is 2.31 bits per heavy atom. The molecule has 14 heteroatoms. The topological polar surface area (TPSA) is 130 Å². The number of hydrogen-bond acceptors (Lipinski definition) is 11. The van der Waals surface area contributed by atoms with Crippen molar-refractivity contribution in [3.63, 3.8) is 0 Å². The van der Waals surface area contributed by atoms with Gasteiger partial charge in [0, 0.05) is 44.2 Å². The van der Waals surface area contributed by atoms with Crippen LogP contribution >= 0.6 is 0 Å². The maximum Gasteiger partial charge on any atom is 0.413 e. The number of halogens is 2. The molecule has 4 saturated heterocycles. The van der Waals surface area contributed by atoms with Gasteiger partial charge in [0.2, 0.25) is 6.79 Å². The summed E-state index contributed by atoms with van der Waals surface area (Å²) in [5.41, 5.74) is 2.25. The Morgan fingerprint density at radius 1 is 0.891 bits per heavy atom. The molecule has 5 aliphatic rings. The second-order valence-corrected chi connectivity index (χ2v) is 19.5. The van der Waals surface area contributed by atoms with Crippen LogP contribution in [0, 0.1) is 5.82 Å². The van der Waals surface area contributed by atoms with Crippen molar-refractivity contribution in [1.29, 1.82) is 0 Å². The van der Waals surface area contributed by atoms with Crippen LogP contribution < -0.4 is 9.64 Å². The van der Waals surface area contributed by atoms with Crippen molar-refractivity contribution in [3.05, 3.63) is 35.3 Å². The van der Waals surface area contributed by atoms with Crippen LogP contribution in [-0.2, 0) is 20.7 Å². The van der Waals surface area contributed by atoms with Gasteiger partial charge in [0.05, 0.1) is 23.0 Å². The van der Waals surface area contributed by atoms with E-state index < -0.39 is 30.4 Å². The molecule has 0 radical (unpaired) electrons. The number of carbonyl (C=O) groups excluding carboxylic acids is 2. The molecule has 2 bridgehead atoms. The monoisotopic (exact) mass is 889 g/mol. The van der Waals surface area contributed by atoms with E-state index in [9.17, 15) is 19.1 Å². The first-order valence-corrected chi connectivity index (χ1v) is 24.7. The van der Waals surface area contributed by atoms with Gasteiger partial charge in [-0.25, -0.2) is 13.6 Å². The molecule has 4 fully saturated rings. The van der Waals surface area contributed by atoms with Gasteiger partial charge in [0.25, 0.3) is 0 Å². The highest BCUT2D eigenvalue weighted by Crippen LogP contribution is 2.44. The van der Waals surface area contributed by atoms with Gasteiger partial charge >= 0.3 is 18.1 Å². The first kappa shape index (κ1) is 46.2. The number of piperazine rings is 1. The van der Waals surface area contributed by atoms with E-state index in [0.29, 0.717) is 49.2 Å². The van der Waals surface area contributed by atoms with Crippen molar-refractivity contribution in [3.8, 4) is 23.0 Å². The highest BCUT2D eigenvalue weighted by Gasteiger charge is 2.50. The van der Waals surface area contributed by atoms with E-state index in [0.717, 1.165) is 81.9 Å². The van der Waals surface area contributed by atoms with E-state index >= 15 is 4.39 Å². The van der Waals surface area contributed by atoms with Crippen molar-refractivity contribution in [1.82, 2.24) is 24.8 Å². The minimum atomic E-state index is -0.932. The number of esters is 1. The van der Waals surface area contributed by atoms with Crippen LogP contribution in [0.4, 0.5) is 19.4 Å². The van der Waals surface area contributed by atoms with Crippen molar-refractivity contribution >= 4 is 28.8 Å². The maximum absolute atomic E-state index is 17.2. The van der Waals surface area contributed by atoms with E-state index in [1.165, 1.54) is 64.2 Å². The number of aromatic nitrogens is 3. The summed E-state index contributed by atoms with van der Waals surface area (Å²) in [6.07, 6.45) is 22.8. The van der Waals surface area contributed by atoms with Crippen molar-refractivity contribution in [2.45, 2.75) is 185 Å². The van der Waals surface area contributed by atoms with Gasteiger partial charge in [0.1, 0.15) is 35.6 Å². The van der Waals surface area contributed by atoms with Gasteiger partial charge in [-0.3, -0.25) is 19.6 Å². The Bertz CT molecular complexity index is 2080. The summed E-state index contributed by atoms with van der Waals surface area (Å²) in [6.45, 7) is 6.12. The lowest BCUT2D eigenvalue weighted by atomic mass is 9.80. The number of pyridine rings is 1. The molecule has 12 nitrogen and oxygen atoms in total. The van der Waals surface area contributed by atoms with E-state index in [1.54, 1.807) is 23.2 Å². The minimum Gasteiger partial charge on any atom is -0.508 e. The first-order chi connectivity index (χ1) is 31.1. The number of aromatic hydroxyl groups is 1. The normalized spacial score (nSPS) is 24.0. The Hall–Kier alpha value is -4.33. The molecule has 64 heavy (non-hydrogen) atoms. The van der Waals surface area contributed by atoms with E-state index in [2.05, 4.69) is 23.7 Å². The molecular formula is C50H70F2N6O6. The summed E-state index contributed by atoms with van der Waals surface area (Å²) in [5.74, 6) is -0.315. The molecule has 0 saturated carbocycles. The first-order valence-electron chi connectivity index (χ1n) is 24.7. The molecule has 0 spiro atoms. The number of alkyl halides is 1. The molecule has 3 aromatic rings. The fourth-order valence-electron chi connectivity index (χ4n) is 11.5. The van der Waals surface area contributed by atoms with Crippen LogP contribution in [0.5, 0.6) is 11.8 Å². The zero-order chi connectivity index (χ0) is 44.6. The fourth-order valence-corrected chi connectivity index (χ4v) is 11.5. The molecule has 5 atom stereocenters. The molecule has 1 unspecified atom stereocenters. The fraction of sp³-hybridized carbons (Fsp3) is 0.700. The minimum absolute atomic E-state index is 0.00296. The van der Waals surface area contributed by atoms with Gasteiger partial charge in [-0.05, 0) is 87.1 Å². The van der Waals surface area contributed by atoms with E-state index in [1.807, 2.05) is 4.90 Å². The quantitative estimate of drug-likeness (QED) is 0.0623. The Balaban J connectivity index is 0.897. The average molecular weight is 889 g/mol. The van der Waals surface area contributed by atoms with Crippen LogP contribution in [0.25, 0.3) is 22.2 Å². The van der Waals surface area contributed by atoms with E-state index in [-0.39, 0.29) is 53.5 Å². The zero-order valence-electron chi connectivity index (χ0n) is 38.3. The second-order valence-electron chi connectivity index (χ2n) is 19.5. The number of carbonyl (C=O) groups is 2. The van der Waals surface area contributed by atoms with E-state index in [4.69, 9.17) is 24.2 Å². The Labute approximate surface area is 377 Å². The number of anilines is 1. The largest absolute Gasteiger partial charge is 0.508 e. The molecule has 350 valence electrons. The Kier molecular flexibility index (Phi) is 15.4. The molecule has 4 aliphatic heterocycles. The standard InChI is InChI=1S/C50H70F2N6O6/c1-3-4-5-6-7-8-9-10-11-12-13-14-15-20-42(60)63-33-64-49(61)58-37-21-22-38(58)31-56(30-37)47-41-28-53-45(40-26-39(59)25-35-19-16-18-34(2)43(35)40)44(52)46(41)54-48(55-47)62-32-50-23-17-24-57(50)29-36(51)27-50/h25-26,28,34,36-38,59H,3-24,27,29-33H2,1-2H3/t34?,36-,37-,38+,50+/m1/s1. The van der Waals surface area contributed by atoms with Gasteiger partial charge in [0.15, 0.2) is 5.82 Å². The number of unbranched alkanes of at least 4 members (excludes halogenated alkanes) is 12. The smallest absolute Gasteiger partial charge is 0.413 e. The van der Waals surface area contributed by atoms with Crippen molar-refractivity contribution < 1.29 is 37.7 Å². The van der Waals surface area contributed by atoms with Gasteiger partial charge < -0.3 is 24.2 Å². The lowest BCUT2D eigenvalue weighted by Gasteiger charge is -2.41. The number of benzene rings is 1. The lowest BCUT2D eigenvalue weighted by molar-refractivity contribution is -0.152. The zero-order valence-corrected chi connectivity index (χ0v) is 38.3. The van der Waals surface area contributed by atoms with Crippen molar-refractivity contribution in [2.24, 2.45) is 0 Å². The summed E-state index contributed by atoms with van der Waals surface area (Å²) >= 11 is 0. The summed E-state index contributed by atoms with van der Waals surface area (Å²) < 4.78 is 49.0. The number of fused-ring (bicyclic) bond motifs is 5. The molecule has 1 amide bonds. The predicted molar refractivity (Wildman–Crippen MR) is 243 cm³/mol. The molecule has 1 aromatic carbocycles. The third-order valence-electron chi connectivity index (χ3n) is 14.8. The summed E-state index contributed by atoms with van der Waals surface area (Å²) in [5, 5.41) is 11.1. The third-order valence-corrected chi connectivity index (χ3v) is 14.8. The highest BCUT2D eigenvalue weighted by atomic mass is 19.1.